The molecule has 162 valence electrons. The molecule has 0 radical (unpaired) electrons. The average molecular weight is 441 g/mol. The minimum atomic E-state index is -0.784. The number of benzene rings is 3. The summed E-state index contributed by atoms with van der Waals surface area (Å²) in [6.45, 7) is 0.718. The van der Waals surface area contributed by atoms with Crippen molar-refractivity contribution < 1.29 is 15.1 Å². The topological polar surface area (TPSA) is 86.8 Å². The second-order valence-electron chi connectivity index (χ2n) is 7.45. The van der Waals surface area contributed by atoms with Gasteiger partial charge in [0.2, 0.25) is 0 Å². The van der Waals surface area contributed by atoms with Crippen LogP contribution in [-0.4, -0.2) is 39.2 Å². The molecule has 31 heavy (non-hydrogen) atoms. The Bertz CT molecular complexity index is 982. The van der Waals surface area contributed by atoms with Crippen LogP contribution in [0, 0.1) is 10.1 Å². The van der Waals surface area contributed by atoms with Gasteiger partial charge in [-0.1, -0.05) is 66.2 Å². The molecule has 0 saturated carbocycles. The van der Waals surface area contributed by atoms with E-state index in [-0.39, 0.29) is 18.3 Å². The lowest BCUT2D eigenvalue weighted by molar-refractivity contribution is -0.384. The third-order valence-electron chi connectivity index (χ3n) is 5.22. The first kappa shape index (κ1) is 22.9. The van der Waals surface area contributed by atoms with Crippen LogP contribution in [0.1, 0.15) is 22.8 Å². The number of rotatable bonds is 10. The van der Waals surface area contributed by atoms with Crippen LogP contribution < -0.4 is 0 Å². The second-order valence-corrected chi connectivity index (χ2v) is 7.89. The van der Waals surface area contributed by atoms with Gasteiger partial charge in [-0.05, 0) is 35.2 Å². The van der Waals surface area contributed by atoms with E-state index < -0.39 is 11.0 Å². The van der Waals surface area contributed by atoms with Gasteiger partial charge in [0.1, 0.15) is 0 Å². The van der Waals surface area contributed by atoms with Crippen molar-refractivity contribution in [3.05, 3.63) is 111 Å². The van der Waals surface area contributed by atoms with Crippen molar-refractivity contribution in [1.82, 2.24) is 4.90 Å². The van der Waals surface area contributed by atoms with Crippen molar-refractivity contribution >= 4 is 17.3 Å². The third kappa shape index (κ3) is 6.60. The molecule has 3 rings (SSSR count). The number of hydrogen-bond acceptors (Lipinski definition) is 5. The molecule has 0 spiro atoms. The number of non-ortho nitro benzene ring substituents is 1. The Morgan fingerprint density at radius 3 is 2.29 bits per heavy atom. The van der Waals surface area contributed by atoms with Crippen molar-refractivity contribution in [2.75, 3.05) is 13.2 Å². The summed E-state index contributed by atoms with van der Waals surface area (Å²) in [5, 5.41) is 32.5. The predicted molar refractivity (Wildman–Crippen MR) is 121 cm³/mol. The van der Waals surface area contributed by atoms with Crippen LogP contribution >= 0.6 is 11.6 Å². The fraction of sp³-hybridized carbons (Fsp3) is 0.250. The van der Waals surface area contributed by atoms with Gasteiger partial charge in [0.15, 0.2) is 0 Å². The van der Waals surface area contributed by atoms with Gasteiger partial charge in [0.25, 0.3) is 5.69 Å². The molecule has 6 nitrogen and oxygen atoms in total. The normalized spacial score (nSPS) is 13.2. The Hall–Kier alpha value is -2.77. The zero-order chi connectivity index (χ0) is 22.2. The minimum absolute atomic E-state index is 0.0295. The largest absolute Gasteiger partial charge is 0.395 e. The number of nitro groups is 1. The molecule has 0 aromatic heterocycles. The van der Waals surface area contributed by atoms with Gasteiger partial charge in [-0.3, -0.25) is 15.0 Å². The lowest BCUT2D eigenvalue weighted by Gasteiger charge is -2.32. The number of hydrogen-bond donors (Lipinski definition) is 2. The van der Waals surface area contributed by atoms with Crippen molar-refractivity contribution in [3.63, 3.8) is 0 Å². The number of halogens is 1. The molecule has 2 atom stereocenters. The van der Waals surface area contributed by atoms with Gasteiger partial charge in [-0.25, -0.2) is 0 Å². The van der Waals surface area contributed by atoms with Crippen molar-refractivity contribution in [2.45, 2.75) is 25.1 Å². The van der Waals surface area contributed by atoms with E-state index in [4.69, 9.17) is 11.6 Å². The zero-order valence-electron chi connectivity index (χ0n) is 17.0. The van der Waals surface area contributed by atoms with Gasteiger partial charge in [0, 0.05) is 36.3 Å². The highest BCUT2D eigenvalue weighted by Crippen LogP contribution is 2.22. The van der Waals surface area contributed by atoms with Crippen molar-refractivity contribution in [3.8, 4) is 0 Å². The zero-order valence-corrected chi connectivity index (χ0v) is 17.7. The van der Waals surface area contributed by atoms with Gasteiger partial charge in [0.05, 0.1) is 17.6 Å². The first-order chi connectivity index (χ1) is 15.0. The van der Waals surface area contributed by atoms with E-state index in [9.17, 15) is 20.3 Å². The van der Waals surface area contributed by atoms with E-state index in [1.807, 2.05) is 41.3 Å². The van der Waals surface area contributed by atoms with Gasteiger partial charge < -0.3 is 10.2 Å². The molecule has 0 aliphatic heterocycles. The van der Waals surface area contributed by atoms with Crippen LogP contribution in [0.4, 0.5) is 5.69 Å². The van der Waals surface area contributed by atoms with E-state index in [0.717, 1.165) is 11.1 Å². The van der Waals surface area contributed by atoms with Gasteiger partial charge in [-0.2, -0.15) is 0 Å². The highest BCUT2D eigenvalue weighted by molar-refractivity contribution is 6.30. The standard InChI is InChI=1S/C24H25ClN2O4/c25-21-8-4-7-20(14-21)24(29)16-26(15-19-5-2-1-3-6-19)23(17-28)13-18-9-11-22(12-10-18)27(30)31/h1-12,14,23-24,28-29H,13,15-17H2/t23-,24+/m0/s1. The molecule has 2 N–H and O–H groups in total. The van der Waals surface area contributed by atoms with Crippen LogP contribution in [0.5, 0.6) is 0 Å². The molecule has 3 aromatic rings. The number of nitro benzene ring substituents is 1. The van der Waals surface area contributed by atoms with E-state index in [2.05, 4.69) is 0 Å². The average Bonchev–Trinajstić information content (AvgIpc) is 2.78. The maximum Gasteiger partial charge on any atom is 0.269 e. The molecule has 7 heteroatoms. The smallest absolute Gasteiger partial charge is 0.269 e. The highest BCUT2D eigenvalue weighted by Gasteiger charge is 2.23. The number of aliphatic hydroxyl groups is 2. The third-order valence-corrected chi connectivity index (χ3v) is 5.45. The quantitative estimate of drug-likeness (QED) is 0.360. The van der Waals surface area contributed by atoms with Crippen LogP contribution in [-0.2, 0) is 13.0 Å². The van der Waals surface area contributed by atoms with Crippen LogP contribution in [0.25, 0.3) is 0 Å². The Balaban J connectivity index is 1.81. The summed E-state index contributed by atoms with van der Waals surface area (Å²) in [5.41, 5.74) is 2.67. The maximum absolute atomic E-state index is 10.9. The summed E-state index contributed by atoms with van der Waals surface area (Å²) in [5.74, 6) is 0. The maximum atomic E-state index is 10.9. The summed E-state index contributed by atoms with van der Waals surface area (Å²) in [6.07, 6.45) is -0.294. The summed E-state index contributed by atoms with van der Waals surface area (Å²) in [6, 6.07) is 23.0. The molecule has 0 bridgehead atoms. The monoisotopic (exact) mass is 440 g/mol. The first-order valence-electron chi connectivity index (χ1n) is 10.0. The van der Waals surface area contributed by atoms with E-state index in [1.165, 1.54) is 12.1 Å². The predicted octanol–water partition coefficient (Wildman–Crippen LogP) is 4.39. The van der Waals surface area contributed by atoms with Gasteiger partial charge >= 0.3 is 0 Å². The lowest BCUT2D eigenvalue weighted by Crippen LogP contribution is -2.41. The van der Waals surface area contributed by atoms with Crippen molar-refractivity contribution in [1.29, 1.82) is 0 Å². The molecule has 0 fully saturated rings. The lowest BCUT2D eigenvalue weighted by atomic mass is 10.0. The molecule has 0 aliphatic rings. The molecule has 0 amide bonds. The second kappa shape index (κ2) is 11.0. The van der Waals surface area contributed by atoms with Crippen molar-refractivity contribution in [2.24, 2.45) is 0 Å². The molecular weight excluding hydrogens is 416 g/mol. The van der Waals surface area contributed by atoms with E-state index in [0.29, 0.717) is 30.1 Å². The molecule has 0 saturated heterocycles. The Labute approximate surface area is 186 Å². The number of aliphatic hydroxyl groups excluding tert-OH is 2. The van der Waals surface area contributed by atoms with Gasteiger partial charge in [-0.15, -0.1) is 0 Å². The first-order valence-corrected chi connectivity index (χ1v) is 10.4. The Kier molecular flexibility index (Phi) is 8.14. The fourth-order valence-electron chi connectivity index (χ4n) is 3.54. The van der Waals surface area contributed by atoms with E-state index in [1.54, 1.807) is 30.3 Å². The molecule has 0 aliphatic carbocycles. The minimum Gasteiger partial charge on any atom is -0.395 e. The molecule has 0 heterocycles. The summed E-state index contributed by atoms with van der Waals surface area (Å²) in [4.78, 5) is 12.5. The fourth-order valence-corrected chi connectivity index (χ4v) is 3.74. The molecule has 0 unspecified atom stereocenters. The summed E-state index contributed by atoms with van der Waals surface area (Å²) < 4.78 is 0. The molecular formula is C24H25ClN2O4. The Morgan fingerprint density at radius 1 is 0.968 bits per heavy atom. The van der Waals surface area contributed by atoms with Crippen LogP contribution in [0.3, 0.4) is 0 Å². The van der Waals surface area contributed by atoms with Crippen LogP contribution in [0.2, 0.25) is 5.02 Å². The van der Waals surface area contributed by atoms with E-state index >= 15 is 0 Å². The highest BCUT2D eigenvalue weighted by atomic mass is 35.5. The molecule has 3 aromatic carbocycles. The number of nitrogens with zero attached hydrogens (tertiary/aromatic N) is 2. The SMILES string of the molecule is O=[N+]([O-])c1ccc(C[C@@H](CO)N(Cc2ccccc2)C[C@@H](O)c2cccc(Cl)c2)cc1. The summed E-state index contributed by atoms with van der Waals surface area (Å²) >= 11 is 6.07. The van der Waals surface area contributed by atoms with Crippen LogP contribution in [0.15, 0.2) is 78.9 Å². The summed E-state index contributed by atoms with van der Waals surface area (Å²) in [7, 11) is 0. The Morgan fingerprint density at radius 2 is 1.68 bits per heavy atom.